The predicted octanol–water partition coefficient (Wildman–Crippen LogP) is 0.353. The maximum atomic E-state index is 14.6. The van der Waals surface area contributed by atoms with E-state index in [1.807, 2.05) is 6.92 Å². The van der Waals surface area contributed by atoms with Crippen LogP contribution < -0.4 is 0 Å². The molecule has 6 fully saturated rings. The van der Waals surface area contributed by atoms with Crippen molar-refractivity contribution in [3.63, 3.8) is 0 Å². The van der Waals surface area contributed by atoms with E-state index < -0.39 is 120 Å². The van der Waals surface area contributed by atoms with Gasteiger partial charge in [-0.05, 0) is 105 Å². The number of carbonyl (C=O) groups is 2. The smallest absolute Gasteiger partial charge is 0.315 e. The van der Waals surface area contributed by atoms with Crippen molar-refractivity contribution in [1.29, 1.82) is 0 Å². The molecule has 16 nitrogen and oxygen atoms in total. The van der Waals surface area contributed by atoms with Crippen molar-refractivity contribution < 1.29 is 79.6 Å². The van der Waals surface area contributed by atoms with Crippen LogP contribution in [0.3, 0.4) is 0 Å². The maximum absolute atomic E-state index is 14.6. The molecular weight excluding hydrogens is 760 g/mol. The number of allylic oxidation sites excluding steroid dienone is 2. The van der Waals surface area contributed by atoms with Gasteiger partial charge in [-0.15, -0.1) is 0 Å². The van der Waals surface area contributed by atoms with Crippen molar-refractivity contribution in [3.05, 3.63) is 11.6 Å². The summed E-state index contributed by atoms with van der Waals surface area (Å²) in [5.74, 6) is -2.06. The highest BCUT2D eigenvalue weighted by atomic mass is 16.7. The number of aliphatic carboxylic acids is 1. The third kappa shape index (κ3) is 6.29. The molecule has 5 aliphatic carbocycles. The Kier molecular flexibility index (Phi) is 11.6. The van der Waals surface area contributed by atoms with Crippen LogP contribution >= 0.6 is 0 Å². The molecule has 2 saturated heterocycles. The van der Waals surface area contributed by atoms with E-state index in [0.29, 0.717) is 32.1 Å². The van der Waals surface area contributed by atoms with E-state index in [-0.39, 0.29) is 48.5 Å². The number of esters is 1. The zero-order chi connectivity index (χ0) is 42.5. The lowest BCUT2D eigenvalue weighted by atomic mass is 9.33. The van der Waals surface area contributed by atoms with E-state index in [9.17, 15) is 60.7 Å². The van der Waals surface area contributed by atoms with Gasteiger partial charge in [-0.25, -0.2) is 0 Å². The number of aliphatic hydroxyl groups excluding tert-OH is 9. The summed E-state index contributed by atoms with van der Waals surface area (Å²) >= 11 is 0. The van der Waals surface area contributed by atoms with Gasteiger partial charge in [-0.1, -0.05) is 39.3 Å². The third-order valence-corrected chi connectivity index (χ3v) is 17.6. The summed E-state index contributed by atoms with van der Waals surface area (Å²) < 4.78 is 23.6. The number of hydrogen-bond acceptors (Lipinski definition) is 15. The summed E-state index contributed by atoms with van der Waals surface area (Å²) in [6.45, 7) is 9.07. The lowest BCUT2D eigenvalue weighted by Crippen LogP contribution is -2.67. The highest BCUT2D eigenvalue weighted by molar-refractivity contribution is 5.81. The van der Waals surface area contributed by atoms with Crippen LogP contribution in [0.5, 0.6) is 0 Å². The van der Waals surface area contributed by atoms with Gasteiger partial charge < -0.3 is 70.0 Å². The van der Waals surface area contributed by atoms with E-state index in [1.54, 1.807) is 6.92 Å². The van der Waals surface area contributed by atoms with Crippen molar-refractivity contribution in [3.8, 4) is 0 Å². The zero-order valence-electron chi connectivity index (χ0n) is 34.3. The molecule has 58 heavy (non-hydrogen) atoms. The molecule has 20 unspecified atom stereocenters. The zero-order valence-corrected chi connectivity index (χ0v) is 34.3. The lowest BCUT2D eigenvalue weighted by molar-refractivity contribution is -0.333. The molecule has 0 aromatic rings. The summed E-state index contributed by atoms with van der Waals surface area (Å²) in [6.07, 6.45) is -8.60. The van der Waals surface area contributed by atoms with Crippen molar-refractivity contribution in [2.45, 2.75) is 166 Å². The van der Waals surface area contributed by atoms with Gasteiger partial charge in [0.1, 0.15) is 48.8 Å². The maximum Gasteiger partial charge on any atom is 0.315 e. The first-order valence-electron chi connectivity index (χ1n) is 21.1. The molecule has 7 rings (SSSR count). The molecule has 0 aromatic heterocycles. The molecule has 20 atom stereocenters. The standard InChI is InChI=1S/C42H66O16/c1-37(35(52)53)12-14-42(36(54)58-34-32(51)30(49)28(47)23(18-44)56-34)15-13-40(4)20(21(42)16-37)6-7-25-38(2)10-9-26(39(3,19-45)24(38)8-11-41(25,40)5)57-33-31(50)29(48)27(46)22(17-43)55-33/h6,21-34,43-51H,7-19H2,1-5H3,(H,52,53). The van der Waals surface area contributed by atoms with Crippen LogP contribution in [0.15, 0.2) is 11.6 Å². The molecule has 4 saturated carbocycles. The average molecular weight is 827 g/mol. The van der Waals surface area contributed by atoms with Crippen LogP contribution in [0.25, 0.3) is 0 Å². The average Bonchev–Trinajstić information content (AvgIpc) is 3.19. The van der Waals surface area contributed by atoms with Crippen molar-refractivity contribution in [2.75, 3.05) is 19.8 Å². The summed E-state index contributed by atoms with van der Waals surface area (Å²) in [6, 6.07) is 0. The molecule has 0 spiro atoms. The molecule has 7 aliphatic rings. The molecule has 10 N–H and O–H groups in total. The van der Waals surface area contributed by atoms with Gasteiger partial charge in [0, 0.05) is 5.41 Å². The van der Waals surface area contributed by atoms with Gasteiger partial charge in [0.05, 0.1) is 36.8 Å². The molecule has 2 heterocycles. The van der Waals surface area contributed by atoms with Crippen LogP contribution in [0.1, 0.15) is 98.8 Å². The number of hydrogen-bond donors (Lipinski definition) is 10. The quantitative estimate of drug-likeness (QED) is 0.0899. The predicted molar refractivity (Wildman–Crippen MR) is 201 cm³/mol. The first-order valence-corrected chi connectivity index (χ1v) is 21.1. The monoisotopic (exact) mass is 826 g/mol. The number of carbonyl (C=O) groups excluding carboxylic acids is 1. The normalized spacial score (nSPS) is 54.2. The van der Waals surface area contributed by atoms with Crippen LogP contribution in [0.4, 0.5) is 0 Å². The van der Waals surface area contributed by atoms with Crippen LogP contribution in [0, 0.1) is 50.2 Å². The van der Waals surface area contributed by atoms with Gasteiger partial charge in [-0.2, -0.15) is 0 Å². The van der Waals surface area contributed by atoms with E-state index in [2.05, 4.69) is 26.8 Å². The second-order valence-corrected chi connectivity index (χ2v) is 20.2. The van der Waals surface area contributed by atoms with Gasteiger partial charge in [-0.3, -0.25) is 9.59 Å². The molecule has 2 aliphatic heterocycles. The van der Waals surface area contributed by atoms with E-state index in [0.717, 1.165) is 18.4 Å². The third-order valence-electron chi connectivity index (χ3n) is 17.6. The molecule has 330 valence electrons. The number of carboxylic acid groups (broad SMARTS) is 1. The first kappa shape index (κ1) is 44.3. The Morgan fingerprint density at radius 1 is 0.724 bits per heavy atom. The summed E-state index contributed by atoms with van der Waals surface area (Å²) in [4.78, 5) is 27.4. The second-order valence-electron chi connectivity index (χ2n) is 20.2. The number of fused-ring (bicyclic) bond motifs is 7. The Morgan fingerprint density at radius 3 is 1.90 bits per heavy atom. The van der Waals surface area contributed by atoms with E-state index >= 15 is 0 Å². The van der Waals surface area contributed by atoms with Crippen LogP contribution in [0.2, 0.25) is 0 Å². The van der Waals surface area contributed by atoms with E-state index in [1.165, 1.54) is 0 Å². The Hall–Kier alpha value is -1.80. The van der Waals surface area contributed by atoms with Crippen molar-refractivity contribution in [1.82, 2.24) is 0 Å². The molecular formula is C42H66O16. The van der Waals surface area contributed by atoms with Crippen LogP contribution in [-0.4, -0.2) is 150 Å². The largest absolute Gasteiger partial charge is 0.481 e. The van der Waals surface area contributed by atoms with Gasteiger partial charge >= 0.3 is 11.9 Å². The number of carboxylic acids is 1. The van der Waals surface area contributed by atoms with Crippen LogP contribution in [-0.2, 0) is 28.5 Å². The first-order chi connectivity index (χ1) is 27.1. The van der Waals surface area contributed by atoms with Crippen molar-refractivity contribution >= 4 is 11.9 Å². The topological polar surface area (TPSA) is 273 Å². The van der Waals surface area contributed by atoms with Crippen molar-refractivity contribution in [2.24, 2.45) is 50.2 Å². The fourth-order valence-electron chi connectivity index (χ4n) is 13.6. The molecule has 16 heteroatoms. The molecule has 0 bridgehead atoms. The summed E-state index contributed by atoms with van der Waals surface area (Å²) in [5.41, 5.74) is -3.11. The Labute approximate surface area is 339 Å². The minimum absolute atomic E-state index is 0.0357. The fourth-order valence-corrected chi connectivity index (χ4v) is 13.6. The molecule has 0 aromatic carbocycles. The Bertz CT molecular complexity index is 1610. The highest BCUT2D eigenvalue weighted by Crippen LogP contribution is 2.76. The number of aliphatic hydroxyl groups is 9. The lowest BCUT2D eigenvalue weighted by Gasteiger charge is -2.71. The molecule has 0 amide bonds. The number of ether oxygens (including phenoxy) is 4. The Balaban J connectivity index is 1.19. The van der Waals surface area contributed by atoms with Gasteiger partial charge in [0.25, 0.3) is 0 Å². The summed E-state index contributed by atoms with van der Waals surface area (Å²) in [5, 5.41) is 104. The second kappa shape index (κ2) is 15.2. The fraction of sp³-hybridized carbons (Fsp3) is 0.905. The SMILES string of the molecule is CC1(C(=O)O)CCC2(C(=O)OC3OC(CO)C(O)C(O)C3O)CCC3(C)C(=CCC4C5(C)CCC(OC6OC(CO)C(O)C(O)C6O)C(C)(CO)C5CCC43C)C2C1. The Morgan fingerprint density at radius 2 is 1.31 bits per heavy atom. The highest BCUT2D eigenvalue weighted by Gasteiger charge is 2.71. The number of rotatable bonds is 8. The molecule has 0 radical (unpaired) electrons. The van der Waals surface area contributed by atoms with Gasteiger partial charge in [0.2, 0.25) is 6.29 Å². The van der Waals surface area contributed by atoms with E-state index in [4.69, 9.17) is 18.9 Å². The summed E-state index contributed by atoms with van der Waals surface area (Å²) in [7, 11) is 0. The minimum atomic E-state index is -1.77. The van der Waals surface area contributed by atoms with Gasteiger partial charge in [0.15, 0.2) is 6.29 Å². The minimum Gasteiger partial charge on any atom is -0.481 e.